The fraction of sp³-hybridized carbons (Fsp3) is 0.348. The molecule has 1 atom stereocenters. The molecule has 4 heteroatoms. The third-order valence-electron chi connectivity index (χ3n) is 4.47. The number of carbonyl (C=O) groups excluding carboxylic acids is 1. The number of ether oxygens (including phenoxy) is 1. The predicted octanol–water partition coefficient (Wildman–Crippen LogP) is 6.88. The van der Waals surface area contributed by atoms with E-state index < -0.39 is 0 Å². The molecule has 0 N–H and O–H groups in total. The molecule has 2 aromatic rings. The Morgan fingerprint density at radius 3 is 2.37 bits per heavy atom. The maximum atomic E-state index is 12.6. The molecular formula is C23H26O2S2. The minimum absolute atomic E-state index is 0.0902. The van der Waals surface area contributed by atoms with Crippen LogP contribution in [0.5, 0.6) is 0 Å². The molecule has 1 aliphatic heterocycles. The number of hydrogen-bond acceptors (Lipinski definition) is 4. The largest absolute Gasteiger partial charge is 0.423 e. The van der Waals surface area contributed by atoms with Gasteiger partial charge in [-0.3, -0.25) is 4.79 Å². The van der Waals surface area contributed by atoms with Gasteiger partial charge in [-0.15, -0.1) is 23.5 Å². The molecule has 0 radical (unpaired) electrons. The molecule has 0 amide bonds. The summed E-state index contributed by atoms with van der Waals surface area (Å²) < 4.78 is 6.96. The number of rotatable bonds is 9. The molecule has 2 nitrogen and oxygen atoms in total. The third-order valence-corrected chi connectivity index (χ3v) is 7.15. The monoisotopic (exact) mass is 398 g/mol. The predicted molar refractivity (Wildman–Crippen MR) is 117 cm³/mol. The van der Waals surface area contributed by atoms with E-state index in [1.54, 1.807) is 23.5 Å². The summed E-state index contributed by atoms with van der Waals surface area (Å²) in [4.78, 5) is 12.6. The van der Waals surface area contributed by atoms with Gasteiger partial charge in [0.05, 0.1) is 4.24 Å². The van der Waals surface area contributed by atoms with E-state index in [1.165, 1.54) is 24.8 Å². The van der Waals surface area contributed by atoms with Crippen LogP contribution in [0.3, 0.4) is 0 Å². The zero-order valence-electron chi connectivity index (χ0n) is 15.7. The van der Waals surface area contributed by atoms with Gasteiger partial charge in [0.1, 0.15) is 5.25 Å². The second-order valence-electron chi connectivity index (χ2n) is 6.63. The second-order valence-corrected chi connectivity index (χ2v) is 9.09. The van der Waals surface area contributed by atoms with Gasteiger partial charge in [0, 0.05) is 11.3 Å². The van der Waals surface area contributed by atoms with Crippen LogP contribution >= 0.6 is 23.5 Å². The van der Waals surface area contributed by atoms with E-state index in [1.807, 2.05) is 36.4 Å². The van der Waals surface area contributed by atoms with Gasteiger partial charge in [-0.25, -0.2) is 0 Å². The smallest absolute Gasteiger partial charge is 0.324 e. The molecule has 0 saturated heterocycles. The maximum absolute atomic E-state index is 12.6. The number of esters is 1. The van der Waals surface area contributed by atoms with Crippen molar-refractivity contribution < 1.29 is 9.53 Å². The van der Waals surface area contributed by atoms with Crippen LogP contribution in [0, 0.1) is 0 Å². The first-order valence-corrected chi connectivity index (χ1v) is 11.5. The lowest BCUT2D eigenvalue weighted by Gasteiger charge is -2.25. The molecule has 0 fully saturated rings. The standard InChI is InChI=1S/C23H26O2S2/c1-2-3-4-11-16-20-22(24)25-21(19-14-9-6-10-15-19)23(27-20)26-17-18-12-7-5-8-13-18/h5-10,12-15,20H,2-4,11,16-17H2,1H3. The van der Waals surface area contributed by atoms with Gasteiger partial charge in [-0.1, -0.05) is 93.3 Å². The Morgan fingerprint density at radius 2 is 1.67 bits per heavy atom. The van der Waals surface area contributed by atoms with E-state index in [-0.39, 0.29) is 11.2 Å². The summed E-state index contributed by atoms with van der Waals surface area (Å²) in [7, 11) is 0. The molecule has 1 aliphatic rings. The van der Waals surface area contributed by atoms with Crippen molar-refractivity contribution in [1.29, 1.82) is 0 Å². The van der Waals surface area contributed by atoms with Crippen LogP contribution in [0.4, 0.5) is 0 Å². The Labute approximate surface area is 170 Å². The van der Waals surface area contributed by atoms with Gasteiger partial charge in [0.15, 0.2) is 5.76 Å². The summed E-state index contributed by atoms with van der Waals surface area (Å²) >= 11 is 3.46. The number of benzene rings is 2. The first-order valence-electron chi connectivity index (χ1n) is 9.62. The summed E-state index contributed by atoms with van der Waals surface area (Å²) in [5.41, 5.74) is 2.25. The molecule has 142 valence electrons. The van der Waals surface area contributed by atoms with Crippen LogP contribution in [0.15, 0.2) is 64.9 Å². The number of cyclic esters (lactones) is 1. The van der Waals surface area contributed by atoms with Crippen molar-refractivity contribution in [3.8, 4) is 0 Å². The van der Waals surface area contributed by atoms with Crippen molar-refractivity contribution in [2.75, 3.05) is 0 Å². The van der Waals surface area contributed by atoms with Gasteiger partial charge >= 0.3 is 5.97 Å². The van der Waals surface area contributed by atoms with Gasteiger partial charge in [-0.2, -0.15) is 0 Å². The van der Waals surface area contributed by atoms with E-state index in [0.29, 0.717) is 0 Å². The highest BCUT2D eigenvalue weighted by atomic mass is 32.2. The number of thioether (sulfide) groups is 2. The van der Waals surface area contributed by atoms with Crippen molar-refractivity contribution in [1.82, 2.24) is 0 Å². The topological polar surface area (TPSA) is 26.3 Å². The molecule has 0 spiro atoms. The van der Waals surface area contributed by atoms with Crippen LogP contribution in [0.2, 0.25) is 0 Å². The first kappa shape index (κ1) is 20.1. The van der Waals surface area contributed by atoms with Gasteiger partial charge in [0.25, 0.3) is 0 Å². The van der Waals surface area contributed by atoms with Crippen molar-refractivity contribution in [3.05, 3.63) is 76.0 Å². The van der Waals surface area contributed by atoms with E-state index in [0.717, 1.165) is 34.2 Å². The summed E-state index contributed by atoms with van der Waals surface area (Å²) in [6.45, 7) is 2.21. The third kappa shape index (κ3) is 5.91. The molecule has 1 heterocycles. The lowest BCUT2D eigenvalue weighted by Crippen LogP contribution is -2.24. The summed E-state index contributed by atoms with van der Waals surface area (Å²) in [6, 6.07) is 20.4. The van der Waals surface area contributed by atoms with Crippen molar-refractivity contribution in [2.24, 2.45) is 0 Å². The first-order chi connectivity index (χ1) is 13.3. The average Bonchev–Trinajstić information content (AvgIpc) is 2.72. The molecule has 0 bridgehead atoms. The maximum Gasteiger partial charge on any atom is 0.324 e. The molecule has 0 saturated carbocycles. The van der Waals surface area contributed by atoms with Crippen molar-refractivity contribution in [2.45, 2.75) is 50.0 Å². The number of hydrogen-bond donors (Lipinski definition) is 0. The van der Waals surface area contributed by atoms with Gasteiger partial charge in [-0.05, 0) is 12.0 Å². The molecule has 0 aliphatic carbocycles. The van der Waals surface area contributed by atoms with Crippen molar-refractivity contribution in [3.63, 3.8) is 0 Å². The van der Waals surface area contributed by atoms with E-state index in [4.69, 9.17) is 4.74 Å². The Hall–Kier alpha value is -1.65. The Morgan fingerprint density at radius 1 is 0.963 bits per heavy atom. The summed E-state index contributed by atoms with van der Waals surface area (Å²) in [5.74, 6) is 1.50. The van der Waals surface area contributed by atoms with E-state index in [2.05, 4.69) is 31.2 Å². The lowest BCUT2D eigenvalue weighted by molar-refractivity contribution is -0.136. The highest BCUT2D eigenvalue weighted by Gasteiger charge is 2.31. The molecule has 3 rings (SSSR count). The fourth-order valence-electron chi connectivity index (χ4n) is 2.96. The number of unbranched alkanes of at least 4 members (excludes halogenated alkanes) is 3. The zero-order chi connectivity index (χ0) is 18.9. The van der Waals surface area contributed by atoms with Crippen LogP contribution in [0.1, 0.15) is 50.2 Å². The molecule has 2 aromatic carbocycles. The van der Waals surface area contributed by atoms with Gasteiger partial charge < -0.3 is 4.74 Å². The Balaban J connectivity index is 1.76. The molecule has 1 unspecified atom stereocenters. The Kier molecular flexibility index (Phi) is 7.91. The highest BCUT2D eigenvalue weighted by Crippen LogP contribution is 2.45. The lowest BCUT2D eigenvalue weighted by atomic mass is 10.1. The molecule has 0 aromatic heterocycles. The highest BCUT2D eigenvalue weighted by molar-refractivity contribution is 8.22. The van der Waals surface area contributed by atoms with Crippen LogP contribution < -0.4 is 0 Å². The fourth-order valence-corrected chi connectivity index (χ4v) is 5.49. The van der Waals surface area contributed by atoms with E-state index in [9.17, 15) is 4.79 Å². The van der Waals surface area contributed by atoms with Crippen LogP contribution in [0.25, 0.3) is 5.76 Å². The zero-order valence-corrected chi connectivity index (χ0v) is 17.4. The van der Waals surface area contributed by atoms with Gasteiger partial charge in [0.2, 0.25) is 0 Å². The summed E-state index contributed by atoms with van der Waals surface area (Å²) in [6.07, 6.45) is 5.59. The minimum atomic E-state index is -0.0978. The quantitative estimate of drug-likeness (QED) is 0.340. The summed E-state index contributed by atoms with van der Waals surface area (Å²) in [5, 5.41) is -0.0902. The van der Waals surface area contributed by atoms with E-state index >= 15 is 0 Å². The number of carbonyl (C=O) groups is 1. The second kappa shape index (κ2) is 10.6. The average molecular weight is 399 g/mol. The minimum Gasteiger partial charge on any atom is -0.423 e. The van der Waals surface area contributed by atoms with Crippen LogP contribution in [-0.2, 0) is 15.3 Å². The SMILES string of the molecule is CCCCCCC1SC(SCc2ccccc2)=C(c2ccccc2)OC1=O. The van der Waals surface area contributed by atoms with Crippen LogP contribution in [-0.4, -0.2) is 11.2 Å². The molecular weight excluding hydrogens is 372 g/mol. The normalized spacial score (nSPS) is 17.1. The molecule has 27 heavy (non-hydrogen) atoms. The Bertz CT molecular complexity index is 756. The van der Waals surface area contributed by atoms with Crippen molar-refractivity contribution >= 4 is 35.3 Å².